The zero-order valence-corrected chi connectivity index (χ0v) is 17.3. The van der Waals surface area contributed by atoms with Crippen molar-refractivity contribution in [2.45, 2.75) is 43.2 Å². The summed E-state index contributed by atoms with van der Waals surface area (Å²) in [6, 6.07) is 7.98. The SMILES string of the molecule is C[C@H]1CCCC[C@@H]1NC(=O)COC(=O)COc1ccccc1C1SCCS1. The lowest BCUT2D eigenvalue weighted by molar-refractivity contribution is -0.150. The molecule has 0 spiro atoms. The first-order chi connectivity index (χ1) is 13.1. The van der Waals surface area contributed by atoms with Crippen molar-refractivity contribution in [1.82, 2.24) is 5.32 Å². The van der Waals surface area contributed by atoms with E-state index >= 15 is 0 Å². The van der Waals surface area contributed by atoms with E-state index in [-0.39, 0.29) is 25.2 Å². The monoisotopic (exact) mass is 409 g/mol. The Morgan fingerprint density at radius 2 is 1.85 bits per heavy atom. The van der Waals surface area contributed by atoms with Gasteiger partial charge in [-0.3, -0.25) is 4.79 Å². The van der Waals surface area contributed by atoms with Crippen molar-refractivity contribution in [2.75, 3.05) is 24.7 Å². The van der Waals surface area contributed by atoms with Crippen LogP contribution >= 0.6 is 23.5 Å². The van der Waals surface area contributed by atoms with Crippen LogP contribution in [0, 0.1) is 5.92 Å². The van der Waals surface area contributed by atoms with Crippen molar-refractivity contribution < 1.29 is 19.1 Å². The van der Waals surface area contributed by atoms with E-state index in [0.717, 1.165) is 36.3 Å². The molecule has 2 fully saturated rings. The molecule has 1 saturated carbocycles. The Kier molecular flexibility index (Phi) is 7.76. The highest BCUT2D eigenvalue weighted by molar-refractivity contribution is 8.19. The molecule has 1 amide bonds. The molecule has 3 rings (SSSR count). The van der Waals surface area contributed by atoms with E-state index in [9.17, 15) is 9.59 Å². The molecule has 148 valence electrons. The van der Waals surface area contributed by atoms with Gasteiger partial charge in [0.1, 0.15) is 5.75 Å². The van der Waals surface area contributed by atoms with E-state index in [1.165, 1.54) is 6.42 Å². The zero-order valence-electron chi connectivity index (χ0n) is 15.6. The molecule has 0 bridgehead atoms. The van der Waals surface area contributed by atoms with Crippen LogP contribution in [0.3, 0.4) is 0 Å². The summed E-state index contributed by atoms with van der Waals surface area (Å²) < 4.78 is 11.1. The molecule has 1 saturated heterocycles. The molecule has 1 heterocycles. The van der Waals surface area contributed by atoms with Gasteiger partial charge in [0.15, 0.2) is 13.2 Å². The smallest absolute Gasteiger partial charge is 0.344 e. The topological polar surface area (TPSA) is 64.6 Å². The Labute approximate surface area is 169 Å². The molecule has 27 heavy (non-hydrogen) atoms. The summed E-state index contributed by atoms with van der Waals surface area (Å²) in [6.07, 6.45) is 4.49. The van der Waals surface area contributed by atoms with E-state index in [1.807, 2.05) is 47.8 Å². The zero-order chi connectivity index (χ0) is 19.1. The first kappa shape index (κ1) is 20.4. The van der Waals surface area contributed by atoms with Gasteiger partial charge in [-0.05, 0) is 24.8 Å². The van der Waals surface area contributed by atoms with Gasteiger partial charge in [-0.2, -0.15) is 0 Å². The number of ether oxygens (including phenoxy) is 2. The fraction of sp³-hybridized carbons (Fsp3) is 0.600. The van der Waals surface area contributed by atoms with Gasteiger partial charge in [-0.1, -0.05) is 38.0 Å². The van der Waals surface area contributed by atoms with E-state index in [1.54, 1.807) is 0 Å². The van der Waals surface area contributed by atoms with Crippen LogP contribution in [0.1, 0.15) is 42.8 Å². The minimum absolute atomic E-state index is 0.188. The van der Waals surface area contributed by atoms with Gasteiger partial charge in [-0.25, -0.2) is 4.79 Å². The summed E-state index contributed by atoms with van der Waals surface area (Å²) in [7, 11) is 0. The fourth-order valence-corrected chi connectivity index (χ4v) is 6.36. The average molecular weight is 410 g/mol. The molecule has 2 aliphatic rings. The van der Waals surface area contributed by atoms with Gasteiger partial charge >= 0.3 is 5.97 Å². The molecule has 1 N–H and O–H groups in total. The van der Waals surface area contributed by atoms with Crippen molar-refractivity contribution in [3.8, 4) is 5.75 Å². The first-order valence-corrected chi connectivity index (χ1v) is 11.6. The first-order valence-electron chi connectivity index (χ1n) is 9.53. The average Bonchev–Trinajstić information content (AvgIpc) is 3.21. The maximum Gasteiger partial charge on any atom is 0.344 e. The second-order valence-electron chi connectivity index (χ2n) is 7.00. The summed E-state index contributed by atoms with van der Waals surface area (Å²) in [5.74, 6) is 2.68. The van der Waals surface area contributed by atoms with Crippen molar-refractivity contribution in [2.24, 2.45) is 5.92 Å². The summed E-state index contributed by atoms with van der Waals surface area (Å²) in [6.45, 7) is 1.72. The van der Waals surface area contributed by atoms with E-state index in [2.05, 4.69) is 12.2 Å². The Morgan fingerprint density at radius 1 is 1.11 bits per heavy atom. The van der Waals surface area contributed by atoms with Crippen LogP contribution in [-0.2, 0) is 14.3 Å². The normalized spacial score (nSPS) is 23.0. The number of para-hydroxylation sites is 1. The largest absolute Gasteiger partial charge is 0.482 e. The predicted octanol–water partition coefficient (Wildman–Crippen LogP) is 3.78. The summed E-state index contributed by atoms with van der Waals surface area (Å²) in [5, 5.41) is 2.98. The van der Waals surface area contributed by atoms with E-state index in [0.29, 0.717) is 16.2 Å². The molecule has 1 aliphatic heterocycles. The lowest BCUT2D eigenvalue weighted by Crippen LogP contribution is -2.43. The number of amides is 1. The highest BCUT2D eigenvalue weighted by Crippen LogP contribution is 2.48. The minimum Gasteiger partial charge on any atom is -0.482 e. The van der Waals surface area contributed by atoms with Gasteiger partial charge in [0, 0.05) is 23.1 Å². The second-order valence-corrected chi connectivity index (χ2v) is 9.72. The molecule has 0 radical (unpaired) electrons. The quantitative estimate of drug-likeness (QED) is 0.692. The lowest BCUT2D eigenvalue weighted by atomic mass is 9.86. The van der Waals surface area contributed by atoms with E-state index < -0.39 is 5.97 Å². The Bertz CT molecular complexity index is 649. The molecule has 1 aliphatic carbocycles. The molecule has 7 heteroatoms. The van der Waals surface area contributed by atoms with Gasteiger partial charge in [0.25, 0.3) is 5.91 Å². The summed E-state index contributed by atoms with van der Waals surface area (Å²) >= 11 is 3.78. The number of rotatable bonds is 7. The van der Waals surface area contributed by atoms with Crippen LogP contribution in [0.5, 0.6) is 5.75 Å². The Morgan fingerprint density at radius 3 is 2.63 bits per heavy atom. The number of thioether (sulfide) groups is 2. The van der Waals surface area contributed by atoms with Gasteiger partial charge in [-0.15, -0.1) is 23.5 Å². The van der Waals surface area contributed by atoms with Crippen LogP contribution < -0.4 is 10.1 Å². The summed E-state index contributed by atoms with van der Waals surface area (Å²) in [5.41, 5.74) is 1.10. The third kappa shape index (κ3) is 6.07. The minimum atomic E-state index is -0.525. The highest BCUT2D eigenvalue weighted by Gasteiger charge is 2.24. The van der Waals surface area contributed by atoms with E-state index in [4.69, 9.17) is 9.47 Å². The van der Waals surface area contributed by atoms with Crippen LogP contribution in [0.25, 0.3) is 0 Å². The summed E-state index contributed by atoms with van der Waals surface area (Å²) in [4.78, 5) is 24.0. The number of esters is 1. The van der Waals surface area contributed by atoms with Crippen molar-refractivity contribution in [3.63, 3.8) is 0 Å². The third-order valence-corrected chi connectivity index (χ3v) is 8.03. The van der Waals surface area contributed by atoms with Crippen LogP contribution in [0.15, 0.2) is 24.3 Å². The molecule has 0 aromatic heterocycles. The number of carbonyl (C=O) groups is 2. The maximum atomic E-state index is 12.0. The predicted molar refractivity (Wildman–Crippen MR) is 110 cm³/mol. The molecular formula is C20H27NO4S2. The number of nitrogens with one attached hydrogen (secondary N) is 1. The molecule has 0 unspecified atom stereocenters. The molecule has 2 atom stereocenters. The van der Waals surface area contributed by atoms with Gasteiger partial charge < -0.3 is 14.8 Å². The number of carbonyl (C=O) groups excluding carboxylic acids is 2. The van der Waals surface area contributed by atoms with Crippen LogP contribution in [0.4, 0.5) is 0 Å². The third-order valence-electron chi connectivity index (χ3n) is 4.96. The highest BCUT2D eigenvalue weighted by atomic mass is 32.2. The Balaban J connectivity index is 1.41. The van der Waals surface area contributed by atoms with Gasteiger partial charge in [0.2, 0.25) is 0 Å². The molecule has 5 nitrogen and oxygen atoms in total. The molecule has 1 aromatic carbocycles. The second kappa shape index (κ2) is 10.3. The van der Waals surface area contributed by atoms with Crippen LogP contribution in [-0.4, -0.2) is 42.6 Å². The number of benzene rings is 1. The maximum absolute atomic E-state index is 12.0. The van der Waals surface area contributed by atoms with Crippen molar-refractivity contribution in [1.29, 1.82) is 0 Å². The number of hydrogen-bond donors (Lipinski definition) is 1. The molecule has 1 aromatic rings. The lowest BCUT2D eigenvalue weighted by Gasteiger charge is -2.29. The number of hydrogen-bond acceptors (Lipinski definition) is 6. The van der Waals surface area contributed by atoms with Crippen molar-refractivity contribution in [3.05, 3.63) is 29.8 Å². The van der Waals surface area contributed by atoms with Gasteiger partial charge in [0.05, 0.1) is 4.58 Å². The fourth-order valence-electron chi connectivity index (χ4n) is 3.45. The standard InChI is InChI=1S/C20H27NO4S2/c1-14-6-2-4-8-16(14)21-18(22)12-25-19(23)13-24-17-9-5-3-7-15(17)20-26-10-11-27-20/h3,5,7,9,14,16,20H,2,4,6,8,10-13H2,1H3,(H,21,22)/t14-,16-/m0/s1. The Hall–Kier alpha value is -1.34. The van der Waals surface area contributed by atoms with Crippen molar-refractivity contribution >= 4 is 35.4 Å². The molecular weight excluding hydrogens is 382 g/mol. The van der Waals surface area contributed by atoms with Crippen LogP contribution in [0.2, 0.25) is 0 Å².